The molecule has 0 unspecified atom stereocenters. The Morgan fingerprint density at radius 1 is 0.739 bits per heavy atom. The number of carbonyl (C=O) groups excluding carboxylic acids is 4. The summed E-state index contributed by atoms with van der Waals surface area (Å²) < 4.78 is 0. The second kappa shape index (κ2) is 16.5. The van der Waals surface area contributed by atoms with Crippen LogP contribution in [0.25, 0.3) is 0 Å². The monoisotopic (exact) mass is 436 g/mol. The van der Waals surface area contributed by atoms with Crippen molar-refractivity contribution < 1.29 is 39.6 Å². The molecule has 0 rings (SSSR count). The number of hydrogen-bond acceptors (Lipinski definition) is 8. The van der Waals surface area contributed by atoms with Crippen molar-refractivity contribution in [1.82, 2.24) is 0 Å². The Morgan fingerprint density at radius 2 is 0.957 bits per heavy atom. The summed E-state index contributed by atoms with van der Waals surface area (Å²) in [6.45, 7) is 3.04. The molecule has 0 aromatic rings. The van der Waals surface area contributed by atoms with E-state index in [2.05, 4.69) is 9.88 Å². The summed E-state index contributed by atoms with van der Waals surface area (Å²) in [5, 5.41) is 39.6. The third kappa shape index (κ3) is 20.2. The zero-order valence-electron chi connectivity index (χ0n) is 13.5. The molecule has 9 heteroatoms. The van der Waals surface area contributed by atoms with E-state index in [-0.39, 0.29) is 45.1 Å². The van der Waals surface area contributed by atoms with Gasteiger partial charge in [0.15, 0.2) is 0 Å². The summed E-state index contributed by atoms with van der Waals surface area (Å²) >= 11 is -0.01000. The first-order valence-corrected chi connectivity index (χ1v) is 14.9. The minimum atomic E-state index is -1.51. The van der Waals surface area contributed by atoms with Gasteiger partial charge < -0.3 is 39.6 Å². The predicted octanol–water partition coefficient (Wildman–Crippen LogP) is -4.10. The molecule has 0 spiro atoms. The van der Waals surface area contributed by atoms with Crippen molar-refractivity contribution in [3.05, 3.63) is 23.3 Å². The van der Waals surface area contributed by atoms with Crippen LogP contribution in [0.5, 0.6) is 0 Å². The molecule has 0 saturated heterocycles. The van der Waals surface area contributed by atoms with Crippen LogP contribution in [0.15, 0.2) is 23.3 Å². The fraction of sp³-hybridized carbons (Fsp3) is 0.429. The molecule has 0 bridgehead atoms. The van der Waals surface area contributed by atoms with Gasteiger partial charge >= 0.3 is 31.0 Å². The number of carboxylic acid groups (broad SMARTS) is 4. The SMILES string of the molecule is CC/C(=C/C(=O)[O-])C(=O)[O-].CC/C(=C/C(=O)[O-])C(=O)[O-].[CH3][SnH2+4][CH3]. The zero-order valence-corrected chi connectivity index (χ0v) is 17.6. The average molecular weight is 435 g/mol. The molecule has 4 radical (unpaired) electrons. The van der Waals surface area contributed by atoms with Gasteiger partial charge in [-0.2, -0.15) is 0 Å². The number of hydrogen-bond donors (Lipinski definition) is 0. The molecule has 23 heavy (non-hydrogen) atoms. The summed E-state index contributed by atoms with van der Waals surface area (Å²) in [6.07, 6.45) is 1.29. The second-order valence-corrected chi connectivity index (χ2v) is 8.00. The zero-order chi connectivity index (χ0) is 19.0. The standard InChI is InChI=1S/2C6H8O4.2CH3.Sn.2H/c2*1-2-4(6(9)10)3-5(7)8;;;;;/h2*3H,2H2,1H3,(H,7,8)(H,9,10);2*1H3;;;/q;;;;+4;;/p-4/b2*4-3-;;;;;. The summed E-state index contributed by atoms with van der Waals surface area (Å²) in [5.74, 6) is -5.96. The summed E-state index contributed by atoms with van der Waals surface area (Å²) in [5.41, 5.74) is -0.528. The molecule has 0 aromatic carbocycles. The average Bonchev–Trinajstić information content (AvgIpc) is 2.42. The number of carboxylic acids is 4. The Labute approximate surface area is 144 Å². The molecule has 8 nitrogen and oxygen atoms in total. The Bertz CT molecular complexity index is 423. The van der Waals surface area contributed by atoms with Crippen LogP contribution in [0.1, 0.15) is 26.7 Å². The van der Waals surface area contributed by atoms with Gasteiger partial charge in [0, 0.05) is 0 Å². The van der Waals surface area contributed by atoms with Gasteiger partial charge in [-0.25, -0.2) is 0 Å². The molecule has 0 heterocycles. The summed E-state index contributed by atoms with van der Waals surface area (Å²) in [6, 6.07) is 0. The first-order chi connectivity index (χ1) is 10.6. The van der Waals surface area contributed by atoms with Crippen molar-refractivity contribution in [2.45, 2.75) is 36.6 Å². The quantitative estimate of drug-likeness (QED) is 0.301. The van der Waals surface area contributed by atoms with E-state index in [1.54, 1.807) is 0 Å². The molecule has 0 atom stereocenters. The van der Waals surface area contributed by atoms with Crippen molar-refractivity contribution in [2.24, 2.45) is 0 Å². The van der Waals surface area contributed by atoms with Crippen LogP contribution in [-0.2, 0) is 19.2 Å². The van der Waals surface area contributed by atoms with Gasteiger partial charge in [-0.3, -0.25) is 0 Å². The van der Waals surface area contributed by atoms with Gasteiger partial charge in [0.05, 0.1) is 23.9 Å². The van der Waals surface area contributed by atoms with Crippen LogP contribution in [0.4, 0.5) is 0 Å². The predicted molar refractivity (Wildman–Crippen MR) is 77.0 cm³/mol. The molecule has 0 aliphatic carbocycles. The van der Waals surface area contributed by atoms with Gasteiger partial charge in [-0.1, -0.05) is 13.8 Å². The topological polar surface area (TPSA) is 161 Å². The van der Waals surface area contributed by atoms with Gasteiger partial charge in [-0.15, -0.1) is 0 Å². The third-order valence-corrected chi connectivity index (χ3v) is 1.87. The molecular weight excluding hydrogens is 415 g/mol. The first-order valence-electron chi connectivity index (χ1n) is 6.82. The van der Waals surface area contributed by atoms with Crippen molar-refractivity contribution >= 4 is 45.0 Å². The fourth-order valence-corrected chi connectivity index (χ4v) is 0.895. The van der Waals surface area contributed by atoms with Crippen molar-refractivity contribution in [1.29, 1.82) is 0 Å². The van der Waals surface area contributed by atoms with Crippen LogP contribution < -0.4 is 20.4 Å². The van der Waals surface area contributed by atoms with Crippen LogP contribution in [-0.4, -0.2) is 45.0 Å². The van der Waals surface area contributed by atoms with Gasteiger partial charge in [0.25, 0.3) is 0 Å². The van der Waals surface area contributed by atoms with Gasteiger partial charge in [0.2, 0.25) is 0 Å². The molecule has 128 valence electrons. The van der Waals surface area contributed by atoms with Gasteiger partial charge in [0.1, 0.15) is 0 Å². The Morgan fingerprint density at radius 3 is 1.00 bits per heavy atom. The van der Waals surface area contributed by atoms with E-state index in [4.69, 9.17) is 0 Å². The maximum atomic E-state index is 10.00. The van der Waals surface area contributed by atoms with E-state index in [0.29, 0.717) is 12.2 Å². The number of aliphatic carboxylic acids is 4. The Kier molecular flexibility index (Phi) is 18.7. The van der Waals surface area contributed by atoms with Crippen LogP contribution >= 0.6 is 0 Å². The molecule has 0 aromatic heterocycles. The fourth-order valence-electron chi connectivity index (χ4n) is 0.895. The van der Waals surface area contributed by atoms with Crippen LogP contribution in [0.3, 0.4) is 0 Å². The van der Waals surface area contributed by atoms with E-state index in [0.717, 1.165) is 0 Å². The molecule has 0 aliphatic heterocycles. The number of rotatable bonds is 6. The Hall–Kier alpha value is -1.84. The normalized spacial score (nSPS) is 10.4. The third-order valence-electron chi connectivity index (χ3n) is 1.87. The summed E-state index contributed by atoms with van der Waals surface area (Å²) in [7, 11) is 0. The van der Waals surface area contributed by atoms with Crippen molar-refractivity contribution in [3.63, 3.8) is 0 Å². The molecular formula is C14H20O8Sn. The van der Waals surface area contributed by atoms with Crippen molar-refractivity contribution in [3.8, 4) is 0 Å². The molecule has 0 aliphatic rings. The maximum absolute atomic E-state index is 10.00. The summed E-state index contributed by atoms with van der Waals surface area (Å²) in [4.78, 5) is 44.2. The first kappa shape index (κ1) is 26.1. The molecule has 0 saturated carbocycles. The van der Waals surface area contributed by atoms with Gasteiger partial charge in [-0.05, 0) is 36.1 Å². The van der Waals surface area contributed by atoms with E-state index in [1.807, 2.05) is 0 Å². The van der Waals surface area contributed by atoms with Crippen molar-refractivity contribution in [2.75, 3.05) is 0 Å². The van der Waals surface area contributed by atoms with Crippen LogP contribution in [0.2, 0.25) is 9.88 Å². The van der Waals surface area contributed by atoms with Crippen LogP contribution in [0, 0.1) is 0 Å². The van der Waals surface area contributed by atoms with E-state index in [1.165, 1.54) is 13.8 Å². The number of carbonyl (C=O) groups is 4. The van der Waals surface area contributed by atoms with E-state index < -0.39 is 23.9 Å². The Balaban J connectivity index is -0.000000297. The minimum absolute atomic E-state index is 0.01000. The van der Waals surface area contributed by atoms with E-state index >= 15 is 0 Å². The molecule has 0 fully saturated rings. The molecule has 0 amide bonds. The molecule has 0 N–H and O–H groups in total. The second-order valence-electron chi connectivity index (χ2n) is 3.97. The van der Waals surface area contributed by atoms with E-state index in [9.17, 15) is 39.6 Å².